The maximum Gasteiger partial charge on any atom is 0.365 e. The van der Waals surface area contributed by atoms with Crippen LogP contribution in [0.3, 0.4) is 0 Å². The zero-order valence-electron chi connectivity index (χ0n) is 20.8. The first-order valence-corrected chi connectivity index (χ1v) is 11.9. The van der Waals surface area contributed by atoms with Crippen LogP contribution < -0.4 is 5.32 Å². The fourth-order valence-electron chi connectivity index (χ4n) is 5.62. The summed E-state index contributed by atoms with van der Waals surface area (Å²) in [5.74, 6) is -0.418. The molecule has 0 radical (unpaired) electrons. The maximum absolute atomic E-state index is 13.6. The molecule has 35 heavy (non-hydrogen) atoms. The van der Waals surface area contributed by atoms with E-state index in [0.29, 0.717) is 24.5 Å². The molecule has 2 aliphatic rings. The zero-order chi connectivity index (χ0) is 25.6. The number of nitro groups is 1. The molecule has 184 valence electrons. The van der Waals surface area contributed by atoms with Crippen LogP contribution in [0.1, 0.15) is 75.7 Å². The first kappa shape index (κ1) is 24.6. The Morgan fingerprint density at radius 2 is 1.77 bits per heavy atom. The molecule has 0 heterocycles. The highest BCUT2D eigenvalue weighted by Crippen LogP contribution is 2.71. The molecule has 2 bridgehead atoms. The van der Waals surface area contributed by atoms with E-state index in [2.05, 4.69) is 45.1 Å². The SMILES string of the molecule is CC(C)c1ccc(NC(=O)C23CCC(C)(C(=NOC(=O)c4cccc([N+](=O)[O-])c4)C2)C3(C)C)cc1. The van der Waals surface area contributed by atoms with Crippen LogP contribution in [-0.4, -0.2) is 22.5 Å². The first-order chi connectivity index (χ1) is 16.4. The molecule has 2 aromatic carbocycles. The fraction of sp³-hybridized carbons (Fsp3) is 0.444. The summed E-state index contributed by atoms with van der Waals surface area (Å²) in [5.41, 5.74) is 0.947. The molecule has 0 aliphatic heterocycles. The Bertz CT molecular complexity index is 1220. The summed E-state index contributed by atoms with van der Waals surface area (Å²) in [7, 11) is 0. The van der Waals surface area contributed by atoms with Crippen molar-refractivity contribution in [3.63, 3.8) is 0 Å². The number of nitrogens with zero attached hydrogens (tertiary/aromatic N) is 2. The highest BCUT2D eigenvalue weighted by Gasteiger charge is 2.71. The van der Waals surface area contributed by atoms with Crippen molar-refractivity contribution in [2.75, 3.05) is 5.32 Å². The van der Waals surface area contributed by atoms with Crippen LogP contribution in [0.25, 0.3) is 0 Å². The van der Waals surface area contributed by atoms with Crippen LogP contribution in [0.2, 0.25) is 0 Å². The predicted octanol–water partition coefficient (Wildman–Crippen LogP) is 6.09. The molecule has 4 rings (SSSR count). The minimum absolute atomic E-state index is 0.0495. The van der Waals surface area contributed by atoms with Gasteiger partial charge in [-0.25, -0.2) is 4.79 Å². The van der Waals surface area contributed by atoms with Crippen molar-refractivity contribution in [2.45, 2.75) is 59.8 Å². The summed E-state index contributed by atoms with van der Waals surface area (Å²) in [6.07, 6.45) is 1.84. The number of anilines is 1. The molecule has 2 saturated carbocycles. The van der Waals surface area contributed by atoms with Crippen LogP contribution in [0.4, 0.5) is 11.4 Å². The summed E-state index contributed by atoms with van der Waals surface area (Å²) in [4.78, 5) is 41.9. The van der Waals surface area contributed by atoms with Gasteiger partial charge in [-0.2, -0.15) is 0 Å². The third-order valence-electron chi connectivity index (χ3n) is 8.54. The number of amides is 1. The highest BCUT2D eigenvalue weighted by atomic mass is 16.7. The molecular weight excluding hydrogens is 446 g/mol. The number of nitrogens with one attached hydrogen (secondary N) is 1. The van der Waals surface area contributed by atoms with Crippen LogP contribution in [0, 0.1) is 26.4 Å². The third kappa shape index (κ3) is 3.90. The van der Waals surface area contributed by atoms with Gasteiger partial charge in [0.15, 0.2) is 0 Å². The second-order valence-electron chi connectivity index (χ2n) is 10.7. The normalized spacial score (nSPS) is 25.6. The second kappa shape index (κ2) is 8.59. The van der Waals surface area contributed by atoms with E-state index < -0.39 is 27.1 Å². The Morgan fingerprint density at radius 1 is 1.09 bits per heavy atom. The summed E-state index contributed by atoms with van der Waals surface area (Å²) >= 11 is 0. The van der Waals surface area contributed by atoms with E-state index in [-0.39, 0.29) is 17.2 Å². The summed E-state index contributed by atoms with van der Waals surface area (Å²) in [6.45, 7) is 10.5. The van der Waals surface area contributed by atoms with Crippen molar-refractivity contribution in [3.05, 3.63) is 69.8 Å². The number of hydrogen-bond acceptors (Lipinski definition) is 6. The minimum atomic E-state index is -0.769. The van der Waals surface area contributed by atoms with E-state index in [1.54, 1.807) is 0 Å². The standard InChI is InChI=1S/C27H31N3O5/c1-17(2)18-9-11-20(12-10-18)28-24(32)27-14-13-26(5,25(27,3)4)22(16-27)29-35-23(31)19-7-6-8-21(15-19)30(33)34/h6-12,15,17H,13-14,16H2,1-5H3,(H,28,32). The van der Waals surface area contributed by atoms with Gasteiger partial charge >= 0.3 is 5.97 Å². The molecule has 1 N–H and O–H groups in total. The lowest BCUT2D eigenvalue weighted by Gasteiger charge is -2.39. The van der Waals surface area contributed by atoms with Gasteiger partial charge in [-0.05, 0) is 47.9 Å². The Labute approximate surface area is 204 Å². The van der Waals surface area contributed by atoms with Gasteiger partial charge in [0.2, 0.25) is 5.91 Å². The molecular formula is C27H31N3O5. The number of carbonyl (C=O) groups excluding carboxylic acids is 2. The lowest BCUT2D eigenvalue weighted by Crippen LogP contribution is -2.43. The molecule has 2 aliphatic carbocycles. The molecule has 2 aromatic rings. The first-order valence-electron chi connectivity index (χ1n) is 11.9. The van der Waals surface area contributed by atoms with Gasteiger partial charge in [0.1, 0.15) is 0 Å². The van der Waals surface area contributed by atoms with Crippen molar-refractivity contribution >= 4 is 29.0 Å². The van der Waals surface area contributed by atoms with Gasteiger partial charge in [-0.3, -0.25) is 14.9 Å². The van der Waals surface area contributed by atoms with Gasteiger partial charge < -0.3 is 10.2 Å². The number of oxime groups is 1. The van der Waals surface area contributed by atoms with Crippen molar-refractivity contribution in [1.82, 2.24) is 0 Å². The topological polar surface area (TPSA) is 111 Å². The fourth-order valence-corrected chi connectivity index (χ4v) is 5.62. The van der Waals surface area contributed by atoms with E-state index >= 15 is 0 Å². The molecule has 8 nitrogen and oxygen atoms in total. The van der Waals surface area contributed by atoms with Crippen LogP contribution in [0.15, 0.2) is 53.7 Å². The molecule has 2 atom stereocenters. The Balaban J connectivity index is 1.55. The number of non-ortho nitro benzene ring substituents is 1. The number of fused-ring (bicyclic) bond motifs is 2. The summed E-state index contributed by atoms with van der Waals surface area (Å²) in [5, 5.41) is 18.3. The predicted molar refractivity (Wildman–Crippen MR) is 133 cm³/mol. The maximum atomic E-state index is 13.6. The molecule has 8 heteroatoms. The minimum Gasteiger partial charge on any atom is -0.326 e. The lowest BCUT2D eigenvalue weighted by atomic mass is 9.64. The van der Waals surface area contributed by atoms with Crippen LogP contribution in [-0.2, 0) is 9.63 Å². The van der Waals surface area contributed by atoms with Crippen LogP contribution in [0.5, 0.6) is 0 Å². The largest absolute Gasteiger partial charge is 0.365 e. The molecule has 0 spiro atoms. The smallest absolute Gasteiger partial charge is 0.326 e. The number of nitro benzene ring substituents is 1. The molecule has 1 amide bonds. The van der Waals surface area contributed by atoms with E-state index in [1.165, 1.54) is 23.8 Å². The summed E-state index contributed by atoms with van der Waals surface area (Å²) < 4.78 is 0. The van der Waals surface area contributed by atoms with Gasteiger partial charge in [0.05, 0.1) is 21.6 Å². The number of rotatable bonds is 6. The van der Waals surface area contributed by atoms with E-state index in [0.717, 1.165) is 18.2 Å². The third-order valence-corrected chi connectivity index (χ3v) is 8.54. The average Bonchev–Trinajstić information content (AvgIpc) is 3.13. The van der Waals surface area contributed by atoms with Crippen molar-refractivity contribution in [1.29, 1.82) is 0 Å². The summed E-state index contributed by atoms with van der Waals surface area (Å²) in [6, 6.07) is 13.2. The molecule has 0 saturated heterocycles. The average molecular weight is 478 g/mol. The van der Waals surface area contributed by atoms with Gasteiger partial charge in [0.25, 0.3) is 5.69 Å². The molecule has 2 unspecified atom stereocenters. The molecule has 2 fully saturated rings. The second-order valence-corrected chi connectivity index (χ2v) is 10.7. The Hall–Kier alpha value is -3.55. The Morgan fingerprint density at radius 3 is 2.40 bits per heavy atom. The van der Waals surface area contributed by atoms with Crippen molar-refractivity contribution in [2.24, 2.45) is 21.4 Å². The van der Waals surface area contributed by atoms with Gasteiger partial charge in [0, 0.05) is 29.7 Å². The zero-order valence-corrected chi connectivity index (χ0v) is 20.8. The van der Waals surface area contributed by atoms with Crippen molar-refractivity contribution < 1.29 is 19.3 Å². The lowest BCUT2D eigenvalue weighted by molar-refractivity contribution is -0.384. The van der Waals surface area contributed by atoms with Crippen LogP contribution >= 0.6 is 0 Å². The highest BCUT2D eigenvalue weighted by molar-refractivity contribution is 6.06. The van der Waals surface area contributed by atoms with Crippen molar-refractivity contribution in [3.8, 4) is 0 Å². The van der Waals surface area contributed by atoms with E-state index in [1.807, 2.05) is 24.3 Å². The number of benzene rings is 2. The monoisotopic (exact) mass is 477 g/mol. The Kier molecular flexibility index (Phi) is 6.03. The van der Waals surface area contributed by atoms with E-state index in [4.69, 9.17) is 4.84 Å². The van der Waals surface area contributed by atoms with Gasteiger partial charge in [-0.1, -0.05) is 58.0 Å². The van der Waals surface area contributed by atoms with Gasteiger partial charge in [-0.15, -0.1) is 0 Å². The van der Waals surface area contributed by atoms with E-state index in [9.17, 15) is 19.7 Å². The number of hydrogen-bond donors (Lipinski definition) is 1. The number of carbonyl (C=O) groups is 2. The molecule has 0 aromatic heterocycles. The quantitative estimate of drug-likeness (QED) is 0.308.